The number of rotatable bonds is 4. The van der Waals surface area contributed by atoms with Crippen molar-refractivity contribution in [1.29, 1.82) is 0 Å². The van der Waals surface area contributed by atoms with Gasteiger partial charge in [0, 0.05) is 20.2 Å². The number of pyridine rings is 1. The Labute approximate surface area is 132 Å². The van der Waals surface area contributed by atoms with Gasteiger partial charge >= 0.3 is 12.2 Å². The highest BCUT2D eigenvalue weighted by Crippen LogP contribution is 2.27. The van der Waals surface area contributed by atoms with Crippen LogP contribution in [0.4, 0.5) is 18.0 Å². The van der Waals surface area contributed by atoms with Crippen molar-refractivity contribution in [3.05, 3.63) is 29.6 Å². The highest BCUT2D eigenvalue weighted by molar-refractivity contribution is 5.73. The molecule has 0 bridgehead atoms. The molecule has 128 valence electrons. The Bertz CT molecular complexity index is 531. The molecule has 1 aromatic heterocycles. The van der Waals surface area contributed by atoms with E-state index in [1.807, 2.05) is 0 Å². The van der Waals surface area contributed by atoms with Crippen molar-refractivity contribution >= 4 is 6.03 Å². The Balaban J connectivity index is 1.83. The van der Waals surface area contributed by atoms with Crippen molar-refractivity contribution in [2.45, 2.75) is 38.1 Å². The maximum Gasteiger partial charge on any atom is 0.433 e. The molecule has 1 saturated heterocycles. The minimum atomic E-state index is -4.49. The van der Waals surface area contributed by atoms with Crippen LogP contribution < -0.4 is 5.32 Å². The second-order valence-electron chi connectivity index (χ2n) is 5.54. The first-order valence-corrected chi connectivity index (χ1v) is 7.50. The number of carbonyl (C=O) groups is 1. The molecule has 2 rings (SSSR count). The molecule has 0 spiro atoms. The molecular weight excluding hydrogens is 311 g/mol. The van der Waals surface area contributed by atoms with E-state index < -0.39 is 11.9 Å². The van der Waals surface area contributed by atoms with Gasteiger partial charge in [0.25, 0.3) is 0 Å². The molecule has 1 N–H and O–H groups in total. The standard InChI is InChI=1S/C15H20F3N3O2/c1-21(10-12-6-2-3-8-23-12)14(22)19-9-11-5-4-7-13(20-11)15(16,17)18/h4-5,7,12H,2-3,6,8-10H2,1H3,(H,19,22)/t12-/m1/s1. The zero-order valence-electron chi connectivity index (χ0n) is 12.9. The van der Waals surface area contributed by atoms with Crippen LogP contribution in [0.15, 0.2) is 18.2 Å². The van der Waals surface area contributed by atoms with E-state index in [9.17, 15) is 18.0 Å². The van der Waals surface area contributed by atoms with Crippen molar-refractivity contribution in [1.82, 2.24) is 15.2 Å². The maximum atomic E-state index is 12.6. The molecule has 1 aliphatic rings. The van der Waals surface area contributed by atoms with Crippen molar-refractivity contribution in [2.24, 2.45) is 0 Å². The smallest absolute Gasteiger partial charge is 0.376 e. The molecule has 0 unspecified atom stereocenters. The molecule has 2 heterocycles. The van der Waals surface area contributed by atoms with E-state index in [1.54, 1.807) is 7.05 Å². The maximum absolute atomic E-state index is 12.6. The van der Waals surface area contributed by atoms with Gasteiger partial charge < -0.3 is 15.0 Å². The number of nitrogens with zero attached hydrogens (tertiary/aromatic N) is 2. The third-order valence-electron chi connectivity index (χ3n) is 3.62. The SMILES string of the molecule is CN(C[C@H]1CCCCO1)C(=O)NCc1cccc(C(F)(F)F)n1. The third-order valence-corrected chi connectivity index (χ3v) is 3.62. The molecule has 1 aliphatic heterocycles. The topological polar surface area (TPSA) is 54.5 Å². The lowest BCUT2D eigenvalue weighted by Gasteiger charge is -2.27. The van der Waals surface area contributed by atoms with Crippen LogP contribution in [0.3, 0.4) is 0 Å². The Morgan fingerprint density at radius 3 is 2.87 bits per heavy atom. The molecule has 8 heteroatoms. The highest BCUT2D eigenvalue weighted by atomic mass is 19.4. The van der Waals surface area contributed by atoms with Crippen molar-refractivity contribution in [2.75, 3.05) is 20.2 Å². The molecule has 1 aromatic rings. The van der Waals surface area contributed by atoms with Gasteiger partial charge in [0.15, 0.2) is 0 Å². The third kappa shape index (κ3) is 5.38. The normalized spacial score (nSPS) is 18.5. The Morgan fingerprint density at radius 1 is 1.43 bits per heavy atom. The second-order valence-corrected chi connectivity index (χ2v) is 5.54. The van der Waals surface area contributed by atoms with E-state index in [2.05, 4.69) is 10.3 Å². The van der Waals surface area contributed by atoms with Crippen LogP contribution in [0.2, 0.25) is 0 Å². The number of amides is 2. The lowest BCUT2D eigenvalue weighted by molar-refractivity contribution is -0.141. The van der Waals surface area contributed by atoms with Gasteiger partial charge in [-0.3, -0.25) is 0 Å². The average molecular weight is 331 g/mol. The minimum Gasteiger partial charge on any atom is -0.376 e. The minimum absolute atomic E-state index is 0.0196. The largest absolute Gasteiger partial charge is 0.433 e. The fourth-order valence-electron chi connectivity index (χ4n) is 2.38. The predicted octanol–water partition coefficient (Wildman–Crippen LogP) is 2.81. The van der Waals surface area contributed by atoms with Crippen LogP contribution in [-0.2, 0) is 17.5 Å². The number of nitrogens with one attached hydrogen (secondary N) is 1. The van der Waals surface area contributed by atoms with Crippen LogP contribution >= 0.6 is 0 Å². The highest BCUT2D eigenvalue weighted by Gasteiger charge is 2.32. The van der Waals surface area contributed by atoms with E-state index in [1.165, 1.54) is 17.0 Å². The number of likely N-dealkylation sites (N-methyl/N-ethyl adjacent to an activating group) is 1. The summed E-state index contributed by atoms with van der Waals surface area (Å²) in [6.07, 6.45) is -1.45. The van der Waals surface area contributed by atoms with E-state index in [0.717, 1.165) is 25.3 Å². The zero-order chi connectivity index (χ0) is 16.9. The predicted molar refractivity (Wildman–Crippen MR) is 77.7 cm³/mol. The fraction of sp³-hybridized carbons (Fsp3) is 0.600. The molecule has 23 heavy (non-hydrogen) atoms. The van der Waals surface area contributed by atoms with Gasteiger partial charge in [-0.15, -0.1) is 0 Å². The first-order chi connectivity index (χ1) is 10.9. The molecular formula is C15H20F3N3O2. The van der Waals surface area contributed by atoms with E-state index in [-0.39, 0.29) is 24.4 Å². The Morgan fingerprint density at radius 2 is 2.22 bits per heavy atom. The number of hydrogen-bond acceptors (Lipinski definition) is 3. The summed E-state index contributed by atoms with van der Waals surface area (Å²) in [5.41, 5.74) is -0.802. The van der Waals surface area contributed by atoms with Gasteiger partial charge in [0.1, 0.15) is 5.69 Å². The number of carbonyl (C=O) groups excluding carboxylic acids is 1. The van der Waals surface area contributed by atoms with Gasteiger partial charge in [-0.25, -0.2) is 9.78 Å². The Hall–Kier alpha value is -1.83. The first kappa shape index (κ1) is 17.5. The van der Waals surface area contributed by atoms with Crippen LogP contribution in [0, 0.1) is 0 Å². The lowest BCUT2D eigenvalue weighted by atomic mass is 10.1. The molecule has 0 aromatic carbocycles. The number of alkyl halides is 3. The average Bonchev–Trinajstić information content (AvgIpc) is 2.53. The fourth-order valence-corrected chi connectivity index (χ4v) is 2.38. The van der Waals surface area contributed by atoms with Gasteiger partial charge in [-0.1, -0.05) is 6.07 Å². The zero-order valence-corrected chi connectivity index (χ0v) is 12.9. The van der Waals surface area contributed by atoms with Gasteiger partial charge in [-0.05, 0) is 31.4 Å². The Kier molecular flexibility index (Phi) is 5.81. The molecule has 5 nitrogen and oxygen atoms in total. The van der Waals surface area contributed by atoms with Crippen LogP contribution in [0.25, 0.3) is 0 Å². The summed E-state index contributed by atoms with van der Waals surface area (Å²) in [5, 5.41) is 2.57. The van der Waals surface area contributed by atoms with Crippen LogP contribution in [0.1, 0.15) is 30.7 Å². The quantitative estimate of drug-likeness (QED) is 0.923. The summed E-state index contributed by atoms with van der Waals surface area (Å²) in [4.78, 5) is 17.0. The first-order valence-electron chi connectivity index (χ1n) is 7.50. The van der Waals surface area contributed by atoms with Crippen LogP contribution in [0.5, 0.6) is 0 Å². The molecule has 0 saturated carbocycles. The molecule has 0 aliphatic carbocycles. The number of aromatic nitrogens is 1. The molecule has 1 fully saturated rings. The van der Waals surface area contributed by atoms with E-state index >= 15 is 0 Å². The summed E-state index contributed by atoms with van der Waals surface area (Å²) >= 11 is 0. The van der Waals surface area contributed by atoms with E-state index in [0.29, 0.717) is 13.2 Å². The summed E-state index contributed by atoms with van der Waals surface area (Å²) in [6.45, 7) is 1.11. The number of ether oxygens (including phenoxy) is 1. The van der Waals surface area contributed by atoms with Gasteiger partial charge in [0.2, 0.25) is 0 Å². The van der Waals surface area contributed by atoms with Gasteiger partial charge in [-0.2, -0.15) is 13.2 Å². The molecule has 0 radical (unpaired) electrons. The van der Waals surface area contributed by atoms with Crippen molar-refractivity contribution in [3.63, 3.8) is 0 Å². The van der Waals surface area contributed by atoms with E-state index in [4.69, 9.17) is 4.74 Å². The number of hydrogen-bond donors (Lipinski definition) is 1. The van der Waals surface area contributed by atoms with Gasteiger partial charge in [0.05, 0.1) is 18.3 Å². The van der Waals surface area contributed by atoms with Crippen molar-refractivity contribution in [3.8, 4) is 0 Å². The molecule has 1 atom stereocenters. The van der Waals surface area contributed by atoms with Crippen LogP contribution in [-0.4, -0.2) is 42.2 Å². The summed E-state index contributed by atoms with van der Waals surface area (Å²) in [7, 11) is 1.63. The summed E-state index contributed by atoms with van der Waals surface area (Å²) < 4.78 is 43.3. The summed E-state index contributed by atoms with van der Waals surface area (Å²) in [6, 6.07) is 3.26. The second kappa shape index (κ2) is 7.63. The number of halogens is 3. The molecule has 2 amide bonds. The summed E-state index contributed by atoms with van der Waals surface area (Å²) in [5.74, 6) is 0. The number of urea groups is 1. The van der Waals surface area contributed by atoms with Crippen molar-refractivity contribution < 1.29 is 22.7 Å². The monoisotopic (exact) mass is 331 g/mol. The lowest BCUT2D eigenvalue weighted by Crippen LogP contribution is -2.42.